The van der Waals surface area contributed by atoms with Gasteiger partial charge in [-0.25, -0.2) is 4.79 Å². The molecule has 0 radical (unpaired) electrons. The van der Waals surface area contributed by atoms with Gasteiger partial charge in [0.1, 0.15) is 10.5 Å². The van der Waals surface area contributed by atoms with E-state index in [-0.39, 0.29) is 11.3 Å². The van der Waals surface area contributed by atoms with Gasteiger partial charge < -0.3 is 9.84 Å². The number of hydrogen-bond donors (Lipinski definition) is 1. The van der Waals surface area contributed by atoms with E-state index in [4.69, 9.17) is 4.74 Å². The Bertz CT molecular complexity index is 387. The molecule has 0 spiro atoms. The lowest BCUT2D eigenvalue weighted by atomic mass is 10.2. The number of carbonyl (C=O) groups excluding carboxylic acids is 1. The van der Waals surface area contributed by atoms with Gasteiger partial charge in [0, 0.05) is 0 Å². The molecule has 6 nitrogen and oxygen atoms in total. The minimum Gasteiger partial charge on any atom is -0.504 e. The topological polar surface area (TPSA) is 89.7 Å². The summed E-state index contributed by atoms with van der Waals surface area (Å²) in [6.45, 7) is 0. The summed E-state index contributed by atoms with van der Waals surface area (Å²) < 4.78 is 4.69. The van der Waals surface area contributed by atoms with Gasteiger partial charge in [0.25, 0.3) is 0 Å². The van der Waals surface area contributed by atoms with Crippen molar-refractivity contribution in [2.45, 2.75) is 0 Å². The van der Waals surface area contributed by atoms with E-state index >= 15 is 0 Å². The largest absolute Gasteiger partial charge is 0.504 e. The second-order valence-corrected chi connectivity index (χ2v) is 2.42. The zero-order valence-corrected chi connectivity index (χ0v) is 7.26. The van der Waals surface area contributed by atoms with E-state index in [1.54, 1.807) is 0 Å². The zero-order chi connectivity index (χ0) is 10.7. The van der Waals surface area contributed by atoms with Crippen molar-refractivity contribution in [1.29, 1.82) is 0 Å². The Morgan fingerprint density at radius 1 is 1.57 bits per heavy atom. The van der Waals surface area contributed by atoms with Gasteiger partial charge in [-0.15, -0.1) is 0 Å². The number of methoxy groups -OCH3 is 1. The maximum absolute atomic E-state index is 10.9. The fourth-order valence-corrected chi connectivity index (χ4v) is 0.958. The second kappa shape index (κ2) is 3.73. The maximum atomic E-state index is 10.9. The first kappa shape index (κ1) is 9.97. The van der Waals surface area contributed by atoms with Crippen LogP contribution in [-0.4, -0.2) is 23.0 Å². The number of aromatic hydroxyl groups is 1. The Kier molecular flexibility index (Phi) is 2.66. The molecule has 0 unspecified atom stereocenters. The highest BCUT2D eigenvalue weighted by Crippen LogP contribution is 2.29. The van der Waals surface area contributed by atoms with Gasteiger partial charge in [0.2, 0.25) is 0 Å². The number of carbonyl (C=O) groups is 1. The lowest BCUT2D eigenvalue weighted by molar-refractivity contribution is -0.375. The van der Waals surface area contributed by atoms with E-state index in [1.165, 1.54) is 19.2 Å². The van der Waals surface area contributed by atoms with Gasteiger partial charge in [0.05, 0.1) is 7.11 Å². The number of benzene rings is 1. The monoisotopic (exact) mass is 197 g/mol. The Morgan fingerprint density at radius 2 is 2.21 bits per heavy atom. The highest BCUT2D eigenvalue weighted by Gasteiger charge is 2.24. The standard InChI is InChI=1S/C8H7NO5/c1-14-6-4-2-3-5(7(6)10)8(11)9(12)13/h2-4,10H,1H3. The van der Waals surface area contributed by atoms with Gasteiger partial charge in [-0.2, -0.15) is 0 Å². The number of amides is 1. The van der Waals surface area contributed by atoms with Crippen LogP contribution in [-0.2, 0) is 0 Å². The third-order valence-electron chi connectivity index (χ3n) is 1.62. The molecular weight excluding hydrogens is 190 g/mol. The summed E-state index contributed by atoms with van der Waals surface area (Å²) in [6.07, 6.45) is 0. The van der Waals surface area contributed by atoms with Crippen LogP contribution in [0.15, 0.2) is 18.2 Å². The predicted molar refractivity (Wildman–Crippen MR) is 46.0 cm³/mol. The van der Waals surface area contributed by atoms with Crippen molar-refractivity contribution in [3.63, 3.8) is 0 Å². The molecule has 1 rings (SSSR count). The molecule has 0 fully saturated rings. The minimum absolute atomic E-state index is 0.0256. The van der Waals surface area contributed by atoms with E-state index in [2.05, 4.69) is 0 Å². The molecule has 14 heavy (non-hydrogen) atoms. The summed E-state index contributed by atoms with van der Waals surface area (Å²) in [6, 6.07) is 3.93. The van der Waals surface area contributed by atoms with E-state index in [1.807, 2.05) is 0 Å². The number of rotatable bonds is 2. The molecule has 0 aliphatic heterocycles. The van der Waals surface area contributed by atoms with Crippen molar-refractivity contribution in [2.24, 2.45) is 0 Å². The first-order valence-electron chi connectivity index (χ1n) is 3.62. The molecule has 0 bridgehead atoms. The number of phenols is 1. The van der Waals surface area contributed by atoms with E-state index in [9.17, 15) is 20.0 Å². The lowest BCUT2D eigenvalue weighted by Crippen LogP contribution is -2.11. The summed E-state index contributed by atoms with van der Waals surface area (Å²) in [5.74, 6) is -1.85. The van der Waals surface area contributed by atoms with Crippen LogP contribution in [0.1, 0.15) is 10.4 Å². The number of hydrogen-bond acceptors (Lipinski definition) is 5. The number of ether oxygens (including phenoxy) is 1. The van der Waals surface area contributed by atoms with Crippen molar-refractivity contribution in [3.05, 3.63) is 33.9 Å². The van der Waals surface area contributed by atoms with Crippen molar-refractivity contribution in [1.82, 2.24) is 0 Å². The van der Waals surface area contributed by atoms with Crippen LogP contribution in [0.4, 0.5) is 0 Å². The average molecular weight is 197 g/mol. The molecule has 0 saturated heterocycles. The molecule has 0 heterocycles. The van der Waals surface area contributed by atoms with Gasteiger partial charge in [-0.3, -0.25) is 10.1 Å². The Labute approximate surface area is 78.9 Å². The second-order valence-electron chi connectivity index (χ2n) is 2.42. The molecule has 0 aliphatic carbocycles. The summed E-state index contributed by atoms with van der Waals surface area (Å²) in [4.78, 5) is 20.0. The summed E-state index contributed by atoms with van der Waals surface area (Å²) in [5.41, 5.74) is -0.380. The average Bonchev–Trinajstić information content (AvgIpc) is 2.17. The number of phenolic OH excluding ortho intramolecular Hbond substituents is 1. The highest BCUT2D eigenvalue weighted by molar-refractivity contribution is 5.91. The molecule has 0 aromatic heterocycles. The first-order chi connectivity index (χ1) is 6.57. The van der Waals surface area contributed by atoms with E-state index < -0.39 is 16.6 Å². The van der Waals surface area contributed by atoms with Gasteiger partial charge >= 0.3 is 5.91 Å². The molecule has 0 aliphatic rings. The lowest BCUT2D eigenvalue weighted by Gasteiger charge is -2.03. The molecule has 0 saturated carbocycles. The predicted octanol–water partition coefficient (Wildman–Crippen LogP) is 0.818. The summed E-state index contributed by atoms with van der Waals surface area (Å²) >= 11 is 0. The third-order valence-corrected chi connectivity index (χ3v) is 1.62. The molecule has 1 aromatic carbocycles. The quantitative estimate of drug-likeness (QED) is 0.559. The molecular formula is C8H7NO5. The summed E-state index contributed by atoms with van der Waals surface area (Å²) in [5, 5.41) is 19.5. The zero-order valence-electron chi connectivity index (χ0n) is 7.26. The van der Waals surface area contributed by atoms with Crippen LogP contribution in [0.3, 0.4) is 0 Å². The summed E-state index contributed by atoms with van der Waals surface area (Å²) in [7, 11) is 1.29. The molecule has 1 N–H and O–H groups in total. The highest BCUT2D eigenvalue weighted by atomic mass is 16.6. The fraction of sp³-hybridized carbons (Fsp3) is 0.125. The van der Waals surface area contributed by atoms with E-state index in [0.717, 1.165) is 6.07 Å². The van der Waals surface area contributed by atoms with E-state index in [0.29, 0.717) is 0 Å². The van der Waals surface area contributed by atoms with Crippen molar-refractivity contribution >= 4 is 5.91 Å². The maximum Gasteiger partial charge on any atom is 0.480 e. The number of nitrogens with zero attached hydrogens (tertiary/aromatic N) is 1. The van der Waals surface area contributed by atoms with Crippen molar-refractivity contribution in [2.75, 3.05) is 7.11 Å². The molecule has 0 atom stereocenters. The van der Waals surface area contributed by atoms with Gasteiger partial charge in [-0.1, -0.05) is 6.07 Å². The Morgan fingerprint density at radius 3 is 2.71 bits per heavy atom. The first-order valence-corrected chi connectivity index (χ1v) is 3.62. The molecule has 1 aromatic rings. The van der Waals surface area contributed by atoms with Crippen molar-refractivity contribution in [3.8, 4) is 11.5 Å². The Balaban J connectivity index is 3.22. The van der Waals surface area contributed by atoms with Crippen LogP contribution >= 0.6 is 0 Å². The SMILES string of the molecule is COc1cccc(C(=O)[N+](=O)[O-])c1O. The number of nitro groups is 1. The molecule has 74 valence electrons. The minimum atomic E-state index is -1.36. The molecule has 6 heteroatoms. The Hall–Kier alpha value is -2.11. The van der Waals surface area contributed by atoms with Gasteiger partial charge in [0.15, 0.2) is 11.5 Å². The van der Waals surface area contributed by atoms with Crippen molar-refractivity contribution < 1.29 is 19.6 Å². The van der Waals surface area contributed by atoms with Crippen LogP contribution in [0.2, 0.25) is 0 Å². The smallest absolute Gasteiger partial charge is 0.480 e. The molecule has 1 amide bonds. The van der Waals surface area contributed by atoms with Crippen LogP contribution < -0.4 is 4.74 Å². The fourth-order valence-electron chi connectivity index (χ4n) is 0.958. The van der Waals surface area contributed by atoms with Gasteiger partial charge in [-0.05, 0) is 12.1 Å². The van der Waals surface area contributed by atoms with Crippen LogP contribution in [0.5, 0.6) is 11.5 Å². The van der Waals surface area contributed by atoms with Crippen LogP contribution in [0, 0.1) is 10.1 Å². The number of para-hydroxylation sites is 1. The normalized spacial score (nSPS) is 9.50. The third kappa shape index (κ3) is 1.63. The van der Waals surface area contributed by atoms with Crippen LogP contribution in [0.25, 0.3) is 0 Å².